The molecule has 0 fully saturated rings. The fourth-order valence-corrected chi connectivity index (χ4v) is 2.03. The summed E-state index contributed by atoms with van der Waals surface area (Å²) in [6, 6.07) is 12.7. The number of amides is 1. The van der Waals surface area contributed by atoms with Gasteiger partial charge in [0, 0.05) is 12.1 Å². The number of nitrogens with one attached hydrogen (secondary N) is 1. The zero-order chi connectivity index (χ0) is 18.1. The van der Waals surface area contributed by atoms with Crippen LogP contribution in [0.1, 0.15) is 15.9 Å². The van der Waals surface area contributed by atoms with Crippen molar-refractivity contribution in [3.05, 3.63) is 59.7 Å². The number of aldehydes is 1. The molecule has 2 aromatic carbocycles. The van der Waals surface area contributed by atoms with E-state index < -0.39 is 6.61 Å². The number of rotatable bonds is 9. The number of carbonyl (C=O) groups is 2. The van der Waals surface area contributed by atoms with Gasteiger partial charge >= 0.3 is 6.61 Å². The summed E-state index contributed by atoms with van der Waals surface area (Å²) in [4.78, 5) is 22.2. The molecule has 0 aliphatic rings. The number of carbonyl (C=O) groups excluding carboxylic acids is 2. The molecule has 0 spiro atoms. The quantitative estimate of drug-likeness (QED) is 0.707. The van der Waals surface area contributed by atoms with Crippen molar-refractivity contribution in [2.75, 3.05) is 13.2 Å². The van der Waals surface area contributed by atoms with E-state index in [4.69, 9.17) is 4.74 Å². The minimum atomic E-state index is -2.85. The molecule has 0 atom stereocenters. The van der Waals surface area contributed by atoms with E-state index in [0.29, 0.717) is 24.3 Å². The van der Waals surface area contributed by atoms with Crippen LogP contribution in [0.4, 0.5) is 8.78 Å². The van der Waals surface area contributed by atoms with Crippen LogP contribution in [-0.2, 0) is 11.2 Å². The van der Waals surface area contributed by atoms with E-state index in [0.717, 1.165) is 11.8 Å². The van der Waals surface area contributed by atoms with E-state index in [1.807, 2.05) is 0 Å². The number of benzene rings is 2. The molecule has 0 aromatic heterocycles. The van der Waals surface area contributed by atoms with Crippen molar-refractivity contribution in [2.24, 2.45) is 0 Å². The average molecular weight is 349 g/mol. The van der Waals surface area contributed by atoms with Gasteiger partial charge in [0.25, 0.3) is 5.91 Å². The highest BCUT2D eigenvalue weighted by atomic mass is 19.3. The van der Waals surface area contributed by atoms with Gasteiger partial charge in [-0.1, -0.05) is 12.1 Å². The molecule has 1 amide bonds. The molecule has 0 heterocycles. The monoisotopic (exact) mass is 349 g/mol. The summed E-state index contributed by atoms with van der Waals surface area (Å²) >= 11 is 0. The Morgan fingerprint density at radius 3 is 2.28 bits per heavy atom. The lowest BCUT2D eigenvalue weighted by Crippen LogP contribution is -2.30. The van der Waals surface area contributed by atoms with Crippen molar-refractivity contribution < 1.29 is 27.8 Å². The van der Waals surface area contributed by atoms with E-state index >= 15 is 0 Å². The Morgan fingerprint density at radius 2 is 1.68 bits per heavy atom. The van der Waals surface area contributed by atoms with Crippen LogP contribution < -0.4 is 14.8 Å². The van der Waals surface area contributed by atoms with Crippen molar-refractivity contribution in [1.29, 1.82) is 0 Å². The van der Waals surface area contributed by atoms with Gasteiger partial charge in [-0.25, -0.2) is 0 Å². The van der Waals surface area contributed by atoms with Gasteiger partial charge < -0.3 is 14.8 Å². The highest BCUT2D eigenvalue weighted by molar-refractivity contribution is 5.77. The third-order valence-electron chi connectivity index (χ3n) is 3.27. The van der Waals surface area contributed by atoms with Crippen LogP contribution in [0, 0.1) is 0 Å². The lowest BCUT2D eigenvalue weighted by atomic mass is 10.1. The van der Waals surface area contributed by atoms with Gasteiger partial charge in [-0.3, -0.25) is 9.59 Å². The standard InChI is InChI=1S/C18H17F2NO4/c19-18(20)25-16-7-1-13(2-8-16)9-10-21-17(23)12-24-15-5-3-14(11-22)4-6-15/h1-8,11,18H,9-10,12H2,(H,21,23). The van der Waals surface area contributed by atoms with Crippen molar-refractivity contribution in [1.82, 2.24) is 5.32 Å². The first-order valence-electron chi connectivity index (χ1n) is 7.55. The van der Waals surface area contributed by atoms with Crippen LogP contribution in [0.2, 0.25) is 0 Å². The Hall–Kier alpha value is -2.96. The molecule has 1 N–H and O–H groups in total. The molecule has 5 nitrogen and oxygen atoms in total. The van der Waals surface area contributed by atoms with E-state index in [2.05, 4.69) is 10.1 Å². The smallest absolute Gasteiger partial charge is 0.387 e. The van der Waals surface area contributed by atoms with E-state index in [1.165, 1.54) is 12.1 Å². The molecule has 7 heteroatoms. The molecular formula is C18H17F2NO4. The maximum atomic E-state index is 12.0. The minimum Gasteiger partial charge on any atom is -0.484 e. The first kappa shape index (κ1) is 18.4. The summed E-state index contributed by atoms with van der Waals surface area (Å²) in [6.07, 6.45) is 1.28. The number of hydrogen-bond acceptors (Lipinski definition) is 4. The van der Waals surface area contributed by atoms with Crippen LogP contribution in [0.25, 0.3) is 0 Å². The third-order valence-corrected chi connectivity index (χ3v) is 3.27. The predicted molar refractivity (Wildman–Crippen MR) is 87.1 cm³/mol. The first-order valence-corrected chi connectivity index (χ1v) is 7.55. The molecule has 0 unspecified atom stereocenters. The normalized spacial score (nSPS) is 10.4. The van der Waals surface area contributed by atoms with Crippen molar-refractivity contribution in [2.45, 2.75) is 13.0 Å². The number of halogens is 2. The summed E-state index contributed by atoms with van der Waals surface area (Å²) in [5.41, 5.74) is 1.41. The molecular weight excluding hydrogens is 332 g/mol. The Labute approximate surface area is 143 Å². The number of alkyl halides is 2. The molecule has 0 radical (unpaired) electrons. The molecule has 132 valence electrons. The highest BCUT2D eigenvalue weighted by Gasteiger charge is 2.05. The Bertz CT molecular complexity index is 687. The topological polar surface area (TPSA) is 64.6 Å². The highest BCUT2D eigenvalue weighted by Crippen LogP contribution is 2.15. The summed E-state index contributed by atoms with van der Waals surface area (Å²) < 4.78 is 33.7. The maximum Gasteiger partial charge on any atom is 0.387 e. The number of hydrogen-bond donors (Lipinski definition) is 1. The molecule has 0 aliphatic heterocycles. The maximum absolute atomic E-state index is 12.0. The Morgan fingerprint density at radius 1 is 1.04 bits per heavy atom. The molecule has 0 saturated carbocycles. The molecule has 2 aromatic rings. The molecule has 0 bridgehead atoms. The average Bonchev–Trinajstić information content (AvgIpc) is 2.61. The fourth-order valence-electron chi connectivity index (χ4n) is 2.03. The van der Waals surface area contributed by atoms with E-state index in [1.54, 1.807) is 36.4 Å². The van der Waals surface area contributed by atoms with Crippen LogP contribution >= 0.6 is 0 Å². The molecule has 25 heavy (non-hydrogen) atoms. The molecule has 2 rings (SSSR count). The van der Waals surface area contributed by atoms with E-state index in [-0.39, 0.29) is 18.3 Å². The fraction of sp³-hybridized carbons (Fsp3) is 0.222. The summed E-state index contributed by atoms with van der Waals surface area (Å²) in [5, 5.41) is 2.70. The SMILES string of the molecule is O=Cc1ccc(OCC(=O)NCCc2ccc(OC(F)F)cc2)cc1. The van der Waals surface area contributed by atoms with Gasteiger partial charge in [-0.05, 0) is 48.4 Å². The third kappa shape index (κ3) is 6.58. The van der Waals surface area contributed by atoms with Crippen molar-refractivity contribution in [3.63, 3.8) is 0 Å². The van der Waals surface area contributed by atoms with Crippen LogP contribution in [0.5, 0.6) is 11.5 Å². The first-order chi connectivity index (χ1) is 12.1. The second-order valence-corrected chi connectivity index (χ2v) is 5.10. The number of ether oxygens (including phenoxy) is 2. The zero-order valence-corrected chi connectivity index (χ0v) is 13.3. The van der Waals surface area contributed by atoms with Crippen LogP contribution in [0.15, 0.2) is 48.5 Å². The second kappa shape index (κ2) is 9.36. The second-order valence-electron chi connectivity index (χ2n) is 5.10. The Kier molecular flexibility index (Phi) is 6.88. The zero-order valence-electron chi connectivity index (χ0n) is 13.3. The van der Waals surface area contributed by atoms with E-state index in [9.17, 15) is 18.4 Å². The Balaban J connectivity index is 1.68. The summed E-state index contributed by atoms with van der Waals surface area (Å²) in [5.74, 6) is 0.310. The van der Waals surface area contributed by atoms with Crippen LogP contribution in [-0.4, -0.2) is 32.0 Å². The summed E-state index contributed by atoms with van der Waals surface area (Å²) in [7, 11) is 0. The van der Waals surface area contributed by atoms with Crippen molar-refractivity contribution >= 4 is 12.2 Å². The van der Waals surface area contributed by atoms with Gasteiger partial charge in [0.1, 0.15) is 17.8 Å². The lowest BCUT2D eigenvalue weighted by Gasteiger charge is -2.08. The van der Waals surface area contributed by atoms with Gasteiger partial charge in [0.05, 0.1) is 0 Å². The largest absolute Gasteiger partial charge is 0.484 e. The minimum absolute atomic E-state index is 0.0942. The molecule has 0 aliphatic carbocycles. The van der Waals surface area contributed by atoms with Gasteiger partial charge in [-0.15, -0.1) is 0 Å². The summed E-state index contributed by atoms with van der Waals surface area (Å²) in [6.45, 7) is -2.59. The van der Waals surface area contributed by atoms with Gasteiger partial charge in [0.15, 0.2) is 6.61 Å². The van der Waals surface area contributed by atoms with Gasteiger partial charge in [-0.2, -0.15) is 8.78 Å². The predicted octanol–water partition coefficient (Wildman–Crippen LogP) is 2.84. The van der Waals surface area contributed by atoms with Crippen LogP contribution in [0.3, 0.4) is 0 Å². The molecule has 0 saturated heterocycles. The van der Waals surface area contributed by atoms with Gasteiger partial charge in [0.2, 0.25) is 0 Å². The van der Waals surface area contributed by atoms with Crippen molar-refractivity contribution in [3.8, 4) is 11.5 Å². The lowest BCUT2D eigenvalue weighted by molar-refractivity contribution is -0.123.